The standard InChI is InChI=1S/C24H26N2O5/c27-22(26-13-16(14-26)12-23(28)29)10-5-11-25-24(30)31-15-21-19-8-3-1-6-17(19)18-7-2-4-9-20(18)21/h1-4,6-9,16,21H,5,10-15H2,(H,25,30)(H,28,29). The fraction of sp³-hybridized carbons (Fsp3) is 0.375. The van der Waals surface area contributed by atoms with Crippen molar-refractivity contribution in [1.82, 2.24) is 10.2 Å². The van der Waals surface area contributed by atoms with Gasteiger partial charge in [0.25, 0.3) is 0 Å². The Labute approximate surface area is 181 Å². The van der Waals surface area contributed by atoms with Gasteiger partial charge in [0, 0.05) is 37.9 Å². The summed E-state index contributed by atoms with van der Waals surface area (Å²) in [7, 11) is 0. The Hall–Kier alpha value is -3.35. The van der Waals surface area contributed by atoms with Gasteiger partial charge in [-0.1, -0.05) is 48.5 Å². The highest BCUT2D eigenvalue weighted by Crippen LogP contribution is 2.44. The molecule has 1 heterocycles. The van der Waals surface area contributed by atoms with Gasteiger partial charge in [0.15, 0.2) is 0 Å². The van der Waals surface area contributed by atoms with Crippen LogP contribution in [-0.2, 0) is 14.3 Å². The molecule has 0 aromatic heterocycles. The minimum absolute atomic E-state index is 0.00373. The number of ether oxygens (including phenoxy) is 1. The molecule has 1 fully saturated rings. The minimum Gasteiger partial charge on any atom is -0.481 e. The zero-order valence-electron chi connectivity index (χ0n) is 17.3. The van der Waals surface area contributed by atoms with Crippen LogP contribution in [0.4, 0.5) is 4.79 Å². The molecule has 2 aliphatic rings. The smallest absolute Gasteiger partial charge is 0.407 e. The van der Waals surface area contributed by atoms with Crippen molar-refractivity contribution in [3.63, 3.8) is 0 Å². The van der Waals surface area contributed by atoms with Gasteiger partial charge in [-0.25, -0.2) is 4.79 Å². The Balaban J connectivity index is 1.18. The minimum atomic E-state index is -0.829. The molecular weight excluding hydrogens is 396 g/mol. The third kappa shape index (κ3) is 4.71. The van der Waals surface area contributed by atoms with Crippen molar-refractivity contribution in [1.29, 1.82) is 0 Å². The summed E-state index contributed by atoms with van der Waals surface area (Å²) in [5.74, 6) is -0.759. The Bertz CT molecular complexity index is 938. The molecule has 1 aliphatic heterocycles. The lowest BCUT2D eigenvalue weighted by atomic mass is 9.96. The van der Waals surface area contributed by atoms with Crippen LogP contribution in [0.15, 0.2) is 48.5 Å². The van der Waals surface area contributed by atoms with Crippen LogP contribution in [0.3, 0.4) is 0 Å². The van der Waals surface area contributed by atoms with Gasteiger partial charge in [0.2, 0.25) is 5.91 Å². The van der Waals surface area contributed by atoms with E-state index in [0.717, 1.165) is 11.1 Å². The fourth-order valence-corrected chi connectivity index (χ4v) is 4.39. The molecule has 2 aromatic rings. The average molecular weight is 422 g/mol. The van der Waals surface area contributed by atoms with E-state index in [9.17, 15) is 14.4 Å². The second kappa shape index (κ2) is 9.20. The van der Waals surface area contributed by atoms with Crippen LogP contribution in [0, 0.1) is 5.92 Å². The van der Waals surface area contributed by atoms with Crippen LogP contribution < -0.4 is 5.32 Å². The molecule has 1 aliphatic carbocycles. The quantitative estimate of drug-likeness (QED) is 0.637. The summed E-state index contributed by atoms with van der Waals surface area (Å²) in [5.41, 5.74) is 4.69. The second-order valence-electron chi connectivity index (χ2n) is 8.12. The normalized spacial score (nSPS) is 15.0. The van der Waals surface area contributed by atoms with E-state index in [1.165, 1.54) is 11.1 Å². The highest BCUT2D eigenvalue weighted by molar-refractivity contribution is 5.79. The van der Waals surface area contributed by atoms with Crippen molar-refractivity contribution in [3.05, 3.63) is 59.7 Å². The Kier molecular flexibility index (Phi) is 6.21. The fourth-order valence-electron chi connectivity index (χ4n) is 4.39. The summed E-state index contributed by atoms with van der Waals surface area (Å²) in [6, 6.07) is 16.3. The summed E-state index contributed by atoms with van der Waals surface area (Å²) in [6.07, 6.45) is 0.458. The predicted octanol–water partition coefficient (Wildman–Crippen LogP) is 3.24. The maximum Gasteiger partial charge on any atom is 0.407 e. The number of likely N-dealkylation sites (tertiary alicyclic amines) is 1. The molecule has 1 saturated heterocycles. The Morgan fingerprint density at radius 1 is 1.00 bits per heavy atom. The van der Waals surface area contributed by atoms with Gasteiger partial charge in [-0.3, -0.25) is 9.59 Å². The number of benzene rings is 2. The van der Waals surface area contributed by atoms with Gasteiger partial charge in [-0.05, 0) is 28.7 Å². The van der Waals surface area contributed by atoms with E-state index < -0.39 is 12.1 Å². The number of alkyl carbamates (subject to hydrolysis) is 1. The van der Waals surface area contributed by atoms with E-state index in [-0.39, 0.29) is 30.8 Å². The van der Waals surface area contributed by atoms with Crippen molar-refractivity contribution >= 4 is 18.0 Å². The van der Waals surface area contributed by atoms with Crippen molar-refractivity contribution in [3.8, 4) is 11.1 Å². The molecular formula is C24H26N2O5. The molecule has 162 valence electrons. The van der Waals surface area contributed by atoms with Gasteiger partial charge in [0.05, 0.1) is 6.42 Å². The first-order chi connectivity index (χ1) is 15.0. The molecule has 2 aromatic carbocycles. The van der Waals surface area contributed by atoms with Crippen LogP contribution in [0.5, 0.6) is 0 Å². The Morgan fingerprint density at radius 2 is 1.61 bits per heavy atom. The number of nitrogens with zero attached hydrogens (tertiary/aromatic N) is 1. The van der Waals surface area contributed by atoms with Gasteiger partial charge in [-0.15, -0.1) is 0 Å². The number of aliphatic carboxylic acids is 1. The first-order valence-corrected chi connectivity index (χ1v) is 10.6. The van der Waals surface area contributed by atoms with Gasteiger partial charge in [0.1, 0.15) is 6.61 Å². The van der Waals surface area contributed by atoms with E-state index in [2.05, 4.69) is 29.6 Å². The third-order valence-corrected chi connectivity index (χ3v) is 5.95. The van der Waals surface area contributed by atoms with Crippen LogP contribution in [-0.4, -0.2) is 54.2 Å². The van der Waals surface area contributed by atoms with Crippen molar-refractivity contribution < 1.29 is 24.2 Å². The number of carboxylic acids is 1. The monoisotopic (exact) mass is 422 g/mol. The van der Waals surface area contributed by atoms with Crippen LogP contribution >= 0.6 is 0 Å². The lowest BCUT2D eigenvalue weighted by Gasteiger charge is -2.38. The van der Waals surface area contributed by atoms with Crippen molar-refractivity contribution in [2.45, 2.75) is 25.2 Å². The number of amides is 2. The summed E-state index contributed by atoms with van der Waals surface area (Å²) in [6.45, 7) is 1.63. The molecule has 0 atom stereocenters. The van der Waals surface area contributed by atoms with E-state index in [1.54, 1.807) is 4.90 Å². The predicted molar refractivity (Wildman–Crippen MR) is 115 cm³/mol. The lowest BCUT2D eigenvalue weighted by molar-refractivity contribution is -0.145. The molecule has 0 saturated carbocycles. The molecule has 0 bridgehead atoms. The number of carbonyl (C=O) groups excluding carboxylic acids is 2. The number of fused-ring (bicyclic) bond motifs is 3. The lowest BCUT2D eigenvalue weighted by Crippen LogP contribution is -2.50. The Morgan fingerprint density at radius 3 is 2.23 bits per heavy atom. The SMILES string of the molecule is O=C(O)CC1CN(C(=O)CCCNC(=O)OCC2c3ccccc3-c3ccccc32)C1. The highest BCUT2D eigenvalue weighted by atomic mass is 16.5. The largest absolute Gasteiger partial charge is 0.481 e. The van der Waals surface area contributed by atoms with Gasteiger partial charge < -0.3 is 20.1 Å². The molecule has 0 spiro atoms. The van der Waals surface area contributed by atoms with E-state index >= 15 is 0 Å². The molecule has 2 amide bonds. The van der Waals surface area contributed by atoms with Gasteiger partial charge >= 0.3 is 12.1 Å². The number of carboxylic acid groups (broad SMARTS) is 1. The average Bonchev–Trinajstić information content (AvgIpc) is 3.05. The number of nitrogens with one attached hydrogen (secondary N) is 1. The topological polar surface area (TPSA) is 95.9 Å². The molecule has 0 unspecified atom stereocenters. The molecule has 2 N–H and O–H groups in total. The van der Waals surface area contributed by atoms with Crippen LogP contribution in [0.25, 0.3) is 11.1 Å². The van der Waals surface area contributed by atoms with E-state index in [1.807, 2.05) is 24.3 Å². The van der Waals surface area contributed by atoms with Crippen molar-refractivity contribution in [2.75, 3.05) is 26.2 Å². The first kappa shape index (κ1) is 20.9. The maximum absolute atomic E-state index is 12.1. The highest BCUT2D eigenvalue weighted by Gasteiger charge is 2.31. The zero-order chi connectivity index (χ0) is 21.8. The number of carbonyl (C=O) groups is 3. The number of rotatable bonds is 8. The van der Waals surface area contributed by atoms with E-state index in [4.69, 9.17) is 9.84 Å². The summed E-state index contributed by atoms with van der Waals surface area (Å²) in [4.78, 5) is 36.5. The van der Waals surface area contributed by atoms with Crippen molar-refractivity contribution in [2.24, 2.45) is 5.92 Å². The number of hydrogen-bond donors (Lipinski definition) is 2. The summed E-state index contributed by atoms with van der Waals surface area (Å²) in [5, 5.41) is 11.5. The van der Waals surface area contributed by atoms with Crippen LogP contribution in [0.2, 0.25) is 0 Å². The summed E-state index contributed by atoms with van der Waals surface area (Å²) >= 11 is 0. The third-order valence-electron chi connectivity index (χ3n) is 5.95. The summed E-state index contributed by atoms with van der Waals surface area (Å²) < 4.78 is 5.48. The molecule has 31 heavy (non-hydrogen) atoms. The molecule has 7 heteroatoms. The van der Waals surface area contributed by atoms with E-state index in [0.29, 0.717) is 32.5 Å². The molecule has 0 radical (unpaired) electrons. The second-order valence-corrected chi connectivity index (χ2v) is 8.12. The molecule has 4 rings (SSSR count). The first-order valence-electron chi connectivity index (χ1n) is 10.6. The number of hydrogen-bond acceptors (Lipinski definition) is 4. The molecule has 7 nitrogen and oxygen atoms in total. The van der Waals surface area contributed by atoms with Gasteiger partial charge in [-0.2, -0.15) is 0 Å². The van der Waals surface area contributed by atoms with Crippen LogP contribution in [0.1, 0.15) is 36.3 Å². The maximum atomic E-state index is 12.1. The zero-order valence-corrected chi connectivity index (χ0v) is 17.3.